The predicted molar refractivity (Wildman–Crippen MR) is 45.2 cm³/mol. The Kier molecular flexibility index (Phi) is 2.92. The third-order valence-electron chi connectivity index (χ3n) is 1.87. The first-order valence-electron chi connectivity index (χ1n) is 3.94. The van der Waals surface area contributed by atoms with Gasteiger partial charge in [-0.1, -0.05) is 0 Å². The van der Waals surface area contributed by atoms with Crippen LogP contribution in [0.3, 0.4) is 0 Å². The van der Waals surface area contributed by atoms with Gasteiger partial charge in [0, 0.05) is 6.26 Å². The molecular formula is C7H12O5S. The lowest BCUT2D eigenvalue weighted by atomic mass is 10.2. The van der Waals surface area contributed by atoms with Crippen molar-refractivity contribution in [1.29, 1.82) is 0 Å². The van der Waals surface area contributed by atoms with E-state index >= 15 is 0 Å². The Bertz CT molecular complexity index is 294. The summed E-state index contributed by atoms with van der Waals surface area (Å²) in [7, 11) is -3.07. The van der Waals surface area contributed by atoms with Gasteiger partial charge in [0.1, 0.15) is 9.84 Å². The largest absolute Gasteiger partial charge is 0.479 e. The summed E-state index contributed by atoms with van der Waals surface area (Å²) < 4.78 is 26.7. The molecule has 13 heavy (non-hydrogen) atoms. The van der Waals surface area contributed by atoms with Gasteiger partial charge in [-0.25, -0.2) is 13.2 Å². The number of sulfone groups is 1. The molecule has 0 aromatic heterocycles. The second-order valence-electron chi connectivity index (χ2n) is 3.25. The number of hydrogen-bond acceptors (Lipinski definition) is 4. The summed E-state index contributed by atoms with van der Waals surface area (Å²) in [5, 5.41) is 8.55. The summed E-state index contributed by atoms with van der Waals surface area (Å²) in [6, 6.07) is 0. The average Bonchev–Trinajstić information content (AvgIpc) is 2.31. The molecule has 1 rings (SSSR count). The molecule has 5 nitrogen and oxygen atoms in total. The van der Waals surface area contributed by atoms with Crippen molar-refractivity contribution in [2.45, 2.75) is 25.0 Å². The van der Waals surface area contributed by atoms with Gasteiger partial charge in [-0.3, -0.25) is 0 Å². The van der Waals surface area contributed by atoms with Crippen LogP contribution < -0.4 is 0 Å². The van der Waals surface area contributed by atoms with Gasteiger partial charge < -0.3 is 9.84 Å². The zero-order valence-electron chi connectivity index (χ0n) is 7.26. The van der Waals surface area contributed by atoms with Crippen molar-refractivity contribution in [3.8, 4) is 0 Å². The topological polar surface area (TPSA) is 80.7 Å². The standard InChI is InChI=1S/C7H12O5S/c1-13(10,11)4-5-2-3-6(12-5)7(8)9/h5-6H,2-4H2,1H3,(H,8,9)/t5-,6-/m1/s1. The smallest absolute Gasteiger partial charge is 0.332 e. The molecule has 1 saturated heterocycles. The third kappa shape index (κ3) is 3.31. The normalized spacial score (nSPS) is 29.0. The minimum atomic E-state index is -3.07. The SMILES string of the molecule is CS(=O)(=O)C[C@H]1CC[C@H](C(=O)O)O1. The molecule has 1 heterocycles. The van der Waals surface area contributed by atoms with Crippen LogP contribution in [0.1, 0.15) is 12.8 Å². The van der Waals surface area contributed by atoms with E-state index < -0.39 is 28.0 Å². The molecule has 1 N–H and O–H groups in total. The van der Waals surface area contributed by atoms with Crippen molar-refractivity contribution in [1.82, 2.24) is 0 Å². The van der Waals surface area contributed by atoms with Gasteiger partial charge in [0.05, 0.1) is 11.9 Å². The first kappa shape index (κ1) is 10.5. The van der Waals surface area contributed by atoms with E-state index in [1.165, 1.54) is 0 Å². The first-order chi connectivity index (χ1) is 5.88. The van der Waals surface area contributed by atoms with Gasteiger partial charge in [-0.05, 0) is 12.8 Å². The highest BCUT2D eigenvalue weighted by atomic mass is 32.2. The van der Waals surface area contributed by atoms with E-state index in [0.29, 0.717) is 12.8 Å². The molecule has 1 aliphatic heterocycles. The number of carbonyl (C=O) groups is 1. The molecule has 76 valence electrons. The van der Waals surface area contributed by atoms with Crippen LogP contribution in [0, 0.1) is 0 Å². The lowest BCUT2D eigenvalue weighted by molar-refractivity contribution is -0.148. The molecule has 1 aliphatic rings. The van der Waals surface area contributed by atoms with Crippen molar-refractivity contribution in [2.24, 2.45) is 0 Å². The molecule has 0 aromatic carbocycles. The molecule has 0 unspecified atom stereocenters. The number of aliphatic carboxylic acids is 1. The van der Waals surface area contributed by atoms with Crippen LogP contribution in [0.25, 0.3) is 0 Å². The minimum absolute atomic E-state index is 0.0865. The quantitative estimate of drug-likeness (QED) is 0.686. The fourth-order valence-electron chi connectivity index (χ4n) is 1.35. The summed E-state index contributed by atoms with van der Waals surface area (Å²) in [5.41, 5.74) is 0. The van der Waals surface area contributed by atoms with Crippen molar-refractivity contribution >= 4 is 15.8 Å². The highest BCUT2D eigenvalue weighted by molar-refractivity contribution is 7.90. The zero-order valence-corrected chi connectivity index (χ0v) is 8.08. The van der Waals surface area contributed by atoms with Crippen LogP contribution in [0.2, 0.25) is 0 Å². The van der Waals surface area contributed by atoms with Crippen LogP contribution in [-0.4, -0.2) is 43.7 Å². The lowest BCUT2D eigenvalue weighted by Gasteiger charge is -2.08. The van der Waals surface area contributed by atoms with Crippen LogP contribution in [0.4, 0.5) is 0 Å². The Hall–Kier alpha value is -0.620. The summed E-state index contributed by atoms with van der Waals surface area (Å²) >= 11 is 0. The van der Waals surface area contributed by atoms with Gasteiger partial charge in [0.25, 0.3) is 0 Å². The predicted octanol–water partition coefficient (Wildman–Crippen LogP) is -0.337. The van der Waals surface area contributed by atoms with Crippen LogP contribution in [0.5, 0.6) is 0 Å². The Morgan fingerprint density at radius 2 is 2.15 bits per heavy atom. The first-order valence-corrected chi connectivity index (χ1v) is 6.00. The molecule has 0 saturated carbocycles. The second-order valence-corrected chi connectivity index (χ2v) is 5.44. The van der Waals surface area contributed by atoms with Gasteiger partial charge in [-0.2, -0.15) is 0 Å². The van der Waals surface area contributed by atoms with E-state index in [9.17, 15) is 13.2 Å². The van der Waals surface area contributed by atoms with E-state index in [-0.39, 0.29) is 5.75 Å². The Morgan fingerprint density at radius 3 is 2.54 bits per heavy atom. The van der Waals surface area contributed by atoms with E-state index in [2.05, 4.69) is 0 Å². The molecule has 0 radical (unpaired) electrons. The highest BCUT2D eigenvalue weighted by Crippen LogP contribution is 2.20. The highest BCUT2D eigenvalue weighted by Gasteiger charge is 2.32. The number of ether oxygens (including phenoxy) is 1. The summed E-state index contributed by atoms with van der Waals surface area (Å²) in [6.45, 7) is 0. The van der Waals surface area contributed by atoms with E-state index in [1.54, 1.807) is 0 Å². The van der Waals surface area contributed by atoms with Crippen LogP contribution in [-0.2, 0) is 19.4 Å². The molecule has 6 heteroatoms. The summed E-state index contributed by atoms with van der Waals surface area (Å²) in [4.78, 5) is 10.4. The maximum absolute atomic E-state index is 10.8. The molecule has 2 atom stereocenters. The van der Waals surface area contributed by atoms with Crippen molar-refractivity contribution in [3.05, 3.63) is 0 Å². The van der Waals surface area contributed by atoms with Crippen molar-refractivity contribution in [2.75, 3.05) is 12.0 Å². The fourth-order valence-corrected chi connectivity index (χ4v) is 2.27. The van der Waals surface area contributed by atoms with Crippen molar-refractivity contribution in [3.63, 3.8) is 0 Å². The number of hydrogen-bond donors (Lipinski definition) is 1. The number of carboxylic acid groups (broad SMARTS) is 1. The molecule has 0 spiro atoms. The third-order valence-corrected chi connectivity index (χ3v) is 2.85. The van der Waals surface area contributed by atoms with Crippen molar-refractivity contribution < 1.29 is 23.1 Å². The Balaban J connectivity index is 2.47. The number of rotatable bonds is 3. The van der Waals surface area contributed by atoms with E-state index in [1.807, 2.05) is 0 Å². The monoisotopic (exact) mass is 208 g/mol. The second kappa shape index (κ2) is 3.63. The zero-order chi connectivity index (χ0) is 10.1. The van der Waals surface area contributed by atoms with Gasteiger partial charge >= 0.3 is 5.97 Å². The molecule has 0 aliphatic carbocycles. The summed E-state index contributed by atoms with van der Waals surface area (Å²) in [6.07, 6.45) is 0.743. The van der Waals surface area contributed by atoms with Gasteiger partial charge in [-0.15, -0.1) is 0 Å². The molecule has 0 bridgehead atoms. The maximum atomic E-state index is 10.8. The molecule has 0 aromatic rings. The van der Waals surface area contributed by atoms with Crippen LogP contribution >= 0.6 is 0 Å². The number of carboxylic acids is 1. The van der Waals surface area contributed by atoms with Gasteiger partial charge in [0.15, 0.2) is 6.10 Å². The van der Waals surface area contributed by atoms with E-state index in [4.69, 9.17) is 9.84 Å². The maximum Gasteiger partial charge on any atom is 0.332 e. The molecule has 0 amide bonds. The van der Waals surface area contributed by atoms with E-state index in [0.717, 1.165) is 6.26 Å². The Morgan fingerprint density at radius 1 is 1.54 bits per heavy atom. The minimum Gasteiger partial charge on any atom is -0.479 e. The lowest BCUT2D eigenvalue weighted by Crippen LogP contribution is -2.24. The van der Waals surface area contributed by atoms with Crippen LogP contribution in [0.15, 0.2) is 0 Å². The molecule has 1 fully saturated rings. The summed E-state index contributed by atoms with van der Waals surface area (Å²) in [5.74, 6) is -1.10. The fraction of sp³-hybridized carbons (Fsp3) is 0.857. The average molecular weight is 208 g/mol. The Labute approximate surface area is 76.6 Å². The molecular weight excluding hydrogens is 196 g/mol. The van der Waals surface area contributed by atoms with Gasteiger partial charge in [0.2, 0.25) is 0 Å².